The van der Waals surface area contributed by atoms with Gasteiger partial charge in [0, 0.05) is 29.9 Å². The number of benzene rings is 1. The molecular formula is C19H19N3O. The number of amides is 1. The third-order valence-corrected chi connectivity index (χ3v) is 3.61. The first-order chi connectivity index (χ1) is 11.1. The molecular weight excluding hydrogens is 286 g/mol. The molecule has 116 valence electrons. The molecule has 0 aliphatic heterocycles. The van der Waals surface area contributed by atoms with Gasteiger partial charge in [0.05, 0.1) is 16.8 Å². The van der Waals surface area contributed by atoms with Gasteiger partial charge < -0.3 is 5.32 Å². The van der Waals surface area contributed by atoms with Crippen molar-refractivity contribution in [3.63, 3.8) is 0 Å². The summed E-state index contributed by atoms with van der Waals surface area (Å²) in [7, 11) is 0. The molecule has 0 aliphatic rings. The van der Waals surface area contributed by atoms with Gasteiger partial charge in [-0.05, 0) is 30.2 Å². The standard InChI is InChI=1S/C19H19N3O/c1-13(2)12-21-19(23)16-11-18(14-7-9-20-10-8-14)22-17-6-4-3-5-15(16)17/h3-11,13H,12H2,1-2H3,(H,21,23). The lowest BCUT2D eigenvalue weighted by atomic mass is 10.0. The number of para-hydroxylation sites is 1. The Morgan fingerprint density at radius 1 is 1.13 bits per heavy atom. The second kappa shape index (κ2) is 6.57. The number of aromatic nitrogens is 2. The van der Waals surface area contributed by atoms with E-state index in [2.05, 4.69) is 29.1 Å². The van der Waals surface area contributed by atoms with E-state index in [1.807, 2.05) is 42.5 Å². The Labute approximate surface area is 135 Å². The highest BCUT2D eigenvalue weighted by atomic mass is 16.1. The maximum Gasteiger partial charge on any atom is 0.252 e. The first-order valence-corrected chi connectivity index (χ1v) is 7.73. The summed E-state index contributed by atoms with van der Waals surface area (Å²) < 4.78 is 0. The lowest BCUT2D eigenvalue weighted by Crippen LogP contribution is -2.27. The van der Waals surface area contributed by atoms with Gasteiger partial charge >= 0.3 is 0 Å². The molecule has 4 nitrogen and oxygen atoms in total. The highest BCUT2D eigenvalue weighted by molar-refractivity contribution is 6.07. The number of pyridine rings is 2. The molecule has 0 spiro atoms. The molecule has 1 amide bonds. The minimum absolute atomic E-state index is 0.0624. The first kappa shape index (κ1) is 15.2. The van der Waals surface area contributed by atoms with Crippen LogP contribution in [0.4, 0.5) is 0 Å². The van der Waals surface area contributed by atoms with Crippen molar-refractivity contribution < 1.29 is 4.79 Å². The quantitative estimate of drug-likeness (QED) is 0.800. The summed E-state index contributed by atoms with van der Waals surface area (Å²) >= 11 is 0. The molecule has 3 aromatic rings. The van der Waals surface area contributed by atoms with Gasteiger partial charge in [0.15, 0.2) is 0 Å². The predicted molar refractivity (Wildman–Crippen MR) is 92.1 cm³/mol. The van der Waals surface area contributed by atoms with E-state index in [-0.39, 0.29) is 5.91 Å². The van der Waals surface area contributed by atoms with E-state index in [4.69, 9.17) is 0 Å². The Morgan fingerprint density at radius 3 is 2.61 bits per heavy atom. The molecule has 0 radical (unpaired) electrons. The predicted octanol–water partition coefficient (Wildman–Crippen LogP) is 3.68. The summed E-state index contributed by atoms with van der Waals surface area (Å²) in [5, 5.41) is 3.86. The highest BCUT2D eigenvalue weighted by Gasteiger charge is 2.13. The molecule has 0 fully saturated rings. The highest BCUT2D eigenvalue weighted by Crippen LogP contribution is 2.24. The number of carbonyl (C=O) groups is 1. The number of hydrogen-bond donors (Lipinski definition) is 1. The zero-order valence-corrected chi connectivity index (χ0v) is 13.3. The van der Waals surface area contributed by atoms with Gasteiger partial charge in [-0.15, -0.1) is 0 Å². The Balaban J connectivity index is 2.09. The van der Waals surface area contributed by atoms with Gasteiger partial charge in [-0.3, -0.25) is 9.78 Å². The Kier molecular flexibility index (Phi) is 4.33. The van der Waals surface area contributed by atoms with E-state index >= 15 is 0 Å². The number of nitrogens with one attached hydrogen (secondary N) is 1. The van der Waals surface area contributed by atoms with Gasteiger partial charge in [0.25, 0.3) is 5.91 Å². The van der Waals surface area contributed by atoms with Crippen molar-refractivity contribution >= 4 is 16.8 Å². The van der Waals surface area contributed by atoms with Crippen molar-refractivity contribution in [1.29, 1.82) is 0 Å². The molecule has 0 bridgehead atoms. The van der Waals surface area contributed by atoms with Crippen molar-refractivity contribution in [2.45, 2.75) is 13.8 Å². The minimum Gasteiger partial charge on any atom is -0.352 e. The number of carbonyl (C=O) groups excluding carboxylic acids is 1. The first-order valence-electron chi connectivity index (χ1n) is 7.73. The average molecular weight is 305 g/mol. The molecule has 0 unspecified atom stereocenters. The van der Waals surface area contributed by atoms with E-state index in [9.17, 15) is 4.79 Å². The summed E-state index contributed by atoms with van der Waals surface area (Å²) in [5.74, 6) is 0.347. The van der Waals surface area contributed by atoms with Crippen LogP contribution in [-0.4, -0.2) is 22.4 Å². The van der Waals surface area contributed by atoms with Crippen molar-refractivity contribution in [1.82, 2.24) is 15.3 Å². The molecule has 0 saturated carbocycles. The van der Waals surface area contributed by atoms with E-state index in [1.54, 1.807) is 12.4 Å². The molecule has 3 rings (SSSR count). The van der Waals surface area contributed by atoms with Crippen LogP contribution < -0.4 is 5.32 Å². The molecule has 1 aromatic carbocycles. The fourth-order valence-electron chi connectivity index (χ4n) is 2.43. The molecule has 2 heterocycles. The maximum absolute atomic E-state index is 12.6. The van der Waals surface area contributed by atoms with Crippen LogP contribution in [-0.2, 0) is 0 Å². The minimum atomic E-state index is -0.0624. The molecule has 1 N–H and O–H groups in total. The van der Waals surface area contributed by atoms with Crippen molar-refractivity contribution in [3.05, 3.63) is 60.4 Å². The van der Waals surface area contributed by atoms with Gasteiger partial charge in [0.2, 0.25) is 0 Å². The maximum atomic E-state index is 12.6. The Bertz CT molecular complexity index is 828. The lowest BCUT2D eigenvalue weighted by Gasteiger charge is -2.11. The van der Waals surface area contributed by atoms with Crippen LogP contribution in [0.5, 0.6) is 0 Å². The Morgan fingerprint density at radius 2 is 1.87 bits per heavy atom. The van der Waals surface area contributed by atoms with E-state index < -0.39 is 0 Å². The lowest BCUT2D eigenvalue weighted by molar-refractivity contribution is 0.0950. The number of rotatable bonds is 4. The van der Waals surface area contributed by atoms with Crippen LogP contribution in [0.3, 0.4) is 0 Å². The average Bonchev–Trinajstić information content (AvgIpc) is 2.59. The molecule has 0 atom stereocenters. The van der Waals surface area contributed by atoms with Crippen LogP contribution in [0.1, 0.15) is 24.2 Å². The van der Waals surface area contributed by atoms with Crippen LogP contribution in [0.25, 0.3) is 22.2 Å². The second-order valence-corrected chi connectivity index (χ2v) is 5.91. The van der Waals surface area contributed by atoms with Crippen molar-refractivity contribution in [3.8, 4) is 11.3 Å². The van der Waals surface area contributed by atoms with E-state index in [0.717, 1.165) is 22.2 Å². The molecule has 4 heteroatoms. The Hall–Kier alpha value is -2.75. The fourth-order valence-corrected chi connectivity index (χ4v) is 2.43. The molecule has 0 saturated heterocycles. The van der Waals surface area contributed by atoms with Crippen LogP contribution in [0, 0.1) is 5.92 Å². The summed E-state index contributed by atoms with van der Waals surface area (Å²) in [4.78, 5) is 21.3. The van der Waals surface area contributed by atoms with E-state index in [1.165, 1.54) is 0 Å². The topological polar surface area (TPSA) is 54.9 Å². The number of hydrogen-bond acceptors (Lipinski definition) is 3. The zero-order chi connectivity index (χ0) is 16.2. The summed E-state index contributed by atoms with van der Waals surface area (Å²) in [6.07, 6.45) is 3.45. The zero-order valence-electron chi connectivity index (χ0n) is 13.3. The largest absolute Gasteiger partial charge is 0.352 e. The smallest absolute Gasteiger partial charge is 0.252 e. The normalized spacial score (nSPS) is 10.9. The summed E-state index contributed by atoms with van der Waals surface area (Å²) in [5.41, 5.74) is 3.20. The van der Waals surface area contributed by atoms with Gasteiger partial charge in [-0.1, -0.05) is 32.0 Å². The third kappa shape index (κ3) is 3.37. The van der Waals surface area contributed by atoms with Crippen LogP contribution in [0.2, 0.25) is 0 Å². The van der Waals surface area contributed by atoms with Gasteiger partial charge in [-0.25, -0.2) is 4.98 Å². The second-order valence-electron chi connectivity index (χ2n) is 5.91. The van der Waals surface area contributed by atoms with E-state index in [0.29, 0.717) is 18.0 Å². The van der Waals surface area contributed by atoms with Gasteiger partial charge in [-0.2, -0.15) is 0 Å². The number of fused-ring (bicyclic) bond motifs is 1. The third-order valence-electron chi connectivity index (χ3n) is 3.61. The van der Waals surface area contributed by atoms with Crippen LogP contribution in [0.15, 0.2) is 54.9 Å². The van der Waals surface area contributed by atoms with Crippen molar-refractivity contribution in [2.75, 3.05) is 6.54 Å². The van der Waals surface area contributed by atoms with Gasteiger partial charge in [0.1, 0.15) is 0 Å². The fraction of sp³-hybridized carbons (Fsp3) is 0.211. The SMILES string of the molecule is CC(C)CNC(=O)c1cc(-c2ccncc2)nc2ccccc12. The molecule has 2 aromatic heterocycles. The van der Waals surface area contributed by atoms with Crippen LogP contribution >= 0.6 is 0 Å². The van der Waals surface area contributed by atoms with Crippen molar-refractivity contribution in [2.24, 2.45) is 5.92 Å². The number of nitrogens with zero attached hydrogens (tertiary/aromatic N) is 2. The monoisotopic (exact) mass is 305 g/mol. The molecule has 0 aliphatic carbocycles. The summed E-state index contributed by atoms with van der Waals surface area (Å²) in [6, 6.07) is 13.4. The summed E-state index contributed by atoms with van der Waals surface area (Å²) in [6.45, 7) is 4.81. The molecule has 23 heavy (non-hydrogen) atoms.